The van der Waals surface area contributed by atoms with Gasteiger partial charge in [-0.3, -0.25) is 4.79 Å². The molecular weight excluding hydrogens is 465 g/mol. The summed E-state index contributed by atoms with van der Waals surface area (Å²) in [5.74, 6) is 1.96. The number of para-hydroxylation sites is 1. The number of carbonyl (C=O) groups excluding carboxylic acids is 1. The number of fused-ring (bicyclic) bond motifs is 1. The minimum Gasteiger partial charge on any atom is -0.508 e. The quantitative estimate of drug-likeness (QED) is 0.357. The van der Waals surface area contributed by atoms with Crippen LogP contribution in [0.25, 0.3) is 11.6 Å². The molecule has 6 rings (SSSR count). The summed E-state index contributed by atoms with van der Waals surface area (Å²) in [6.07, 6.45) is 11.8. The second kappa shape index (κ2) is 11.2. The molecule has 5 heteroatoms. The van der Waals surface area contributed by atoms with E-state index in [1.54, 1.807) is 19.2 Å². The van der Waals surface area contributed by atoms with Gasteiger partial charge in [0.05, 0.1) is 7.11 Å². The molecule has 1 amide bonds. The van der Waals surface area contributed by atoms with E-state index < -0.39 is 0 Å². The molecule has 2 N–H and O–H groups in total. The second-order valence-corrected chi connectivity index (χ2v) is 10.2. The predicted octanol–water partition coefficient (Wildman–Crippen LogP) is 8.03. The summed E-state index contributed by atoms with van der Waals surface area (Å²) in [7, 11) is 1.69. The highest BCUT2D eigenvalue weighted by Gasteiger charge is 2.25. The van der Waals surface area contributed by atoms with Crippen molar-refractivity contribution in [3.05, 3.63) is 88.7 Å². The Hall–Kier alpha value is -3.60. The Morgan fingerprint density at radius 1 is 0.892 bits per heavy atom. The van der Waals surface area contributed by atoms with Gasteiger partial charge in [0.25, 0.3) is 5.91 Å². The van der Waals surface area contributed by atoms with Gasteiger partial charge in [0.1, 0.15) is 17.3 Å². The van der Waals surface area contributed by atoms with Crippen LogP contribution < -0.4 is 10.1 Å². The minimum absolute atomic E-state index is 0.196. The molecule has 3 aromatic carbocycles. The Balaban J connectivity index is 0.000000195. The Labute approximate surface area is 218 Å². The predicted molar refractivity (Wildman–Crippen MR) is 146 cm³/mol. The number of hydrogen-bond acceptors (Lipinski definition) is 3. The molecule has 37 heavy (non-hydrogen) atoms. The van der Waals surface area contributed by atoms with Crippen molar-refractivity contribution in [3.8, 4) is 11.5 Å². The van der Waals surface area contributed by atoms with Crippen LogP contribution in [0.5, 0.6) is 11.5 Å². The molecule has 0 unspecified atom stereocenters. The first-order chi connectivity index (χ1) is 18.0. The average molecular weight is 500 g/mol. The van der Waals surface area contributed by atoms with Crippen molar-refractivity contribution < 1.29 is 19.0 Å². The Bertz CT molecular complexity index is 1300. The maximum absolute atomic E-state index is 13.6. The zero-order valence-electron chi connectivity index (χ0n) is 21.3. The van der Waals surface area contributed by atoms with Crippen LogP contribution in [-0.4, -0.2) is 18.1 Å². The molecule has 1 heterocycles. The van der Waals surface area contributed by atoms with Crippen LogP contribution in [0.2, 0.25) is 0 Å². The Morgan fingerprint density at radius 2 is 1.57 bits per heavy atom. The van der Waals surface area contributed by atoms with Crippen LogP contribution in [0.4, 0.5) is 10.1 Å². The van der Waals surface area contributed by atoms with E-state index in [1.807, 2.05) is 36.4 Å². The molecule has 1 aliphatic heterocycles. The van der Waals surface area contributed by atoms with Gasteiger partial charge in [0.15, 0.2) is 0 Å². The van der Waals surface area contributed by atoms with Crippen molar-refractivity contribution in [1.82, 2.24) is 0 Å². The number of hydrogen-bond donors (Lipinski definition) is 2. The van der Waals surface area contributed by atoms with Crippen LogP contribution in [0, 0.1) is 5.82 Å². The number of rotatable bonds is 4. The van der Waals surface area contributed by atoms with E-state index in [2.05, 4.69) is 11.4 Å². The van der Waals surface area contributed by atoms with Crippen molar-refractivity contribution in [3.63, 3.8) is 0 Å². The number of amides is 1. The van der Waals surface area contributed by atoms with E-state index in [0.717, 1.165) is 16.9 Å². The zero-order valence-corrected chi connectivity index (χ0v) is 21.3. The molecule has 0 saturated heterocycles. The first-order valence-corrected chi connectivity index (χ1v) is 13.3. The zero-order chi connectivity index (χ0) is 25.8. The Kier molecular flexibility index (Phi) is 7.59. The number of nitrogens with one attached hydrogen (secondary N) is 1. The Morgan fingerprint density at radius 3 is 2.24 bits per heavy atom. The van der Waals surface area contributed by atoms with Gasteiger partial charge >= 0.3 is 0 Å². The average Bonchev–Trinajstić information content (AvgIpc) is 3.68. The summed E-state index contributed by atoms with van der Waals surface area (Å²) >= 11 is 0. The molecule has 3 aliphatic rings. The number of halogens is 1. The molecule has 0 spiro atoms. The number of ether oxygens (including phenoxy) is 1. The first kappa shape index (κ1) is 25.1. The molecule has 3 aromatic rings. The number of methoxy groups -OCH3 is 1. The molecule has 0 aromatic heterocycles. The number of phenols is 1. The van der Waals surface area contributed by atoms with Gasteiger partial charge in [-0.15, -0.1) is 0 Å². The maximum Gasteiger partial charge on any atom is 0.256 e. The minimum atomic E-state index is -0.345. The summed E-state index contributed by atoms with van der Waals surface area (Å²) in [4.78, 5) is 12.3. The molecule has 2 fully saturated rings. The second-order valence-electron chi connectivity index (χ2n) is 10.2. The number of phenolic OH excluding ortho intramolecular Hbond substituents is 1. The molecule has 2 aliphatic carbocycles. The van der Waals surface area contributed by atoms with Gasteiger partial charge in [-0.2, -0.15) is 0 Å². The van der Waals surface area contributed by atoms with Gasteiger partial charge in [-0.05, 0) is 96.7 Å². The lowest BCUT2D eigenvalue weighted by Gasteiger charge is -2.15. The van der Waals surface area contributed by atoms with Crippen molar-refractivity contribution >= 4 is 23.2 Å². The highest BCUT2D eigenvalue weighted by Crippen LogP contribution is 2.40. The van der Waals surface area contributed by atoms with Crippen LogP contribution in [0.3, 0.4) is 0 Å². The fourth-order valence-corrected chi connectivity index (χ4v) is 5.94. The van der Waals surface area contributed by atoms with Gasteiger partial charge in [-0.25, -0.2) is 4.39 Å². The fraction of sp³-hybridized carbons (Fsp3) is 0.344. The monoisotopic (exact) mass is 499 g/mol. The van der Waals surface area contributed by atoms with Crippen LogP contribution >= 0.6 is 0 Å². The smallest absolute Gasteiger partial charge is 0.256 e. The van der Waals surface area contributed by atoms with Gasteiger partial charge < -0.3 is 15.2 Å². The van der Waals surface area contributed by atoms with Crippen molar-refractivity contribution in [1.29, 1.82) is 0 Å². The largest absolute Gasteiger partial charge is 0.508 e. The SMILES string of the molecule is COc1ccc(C=C2C(=O)Nc3ccc(F)cc32)cc1C1CCCC1.Oc1ccccc1C1CCCC1. The van der Waals surface area contributed by atoms with E-state index in [4.69, 9.17) is 4.74 Å². The molecule has 0 radical (unpaired) electrons. The molecule has 0 bridgehead atoms. The van der Waals surface area contributed by atoms with Crippen molar-refractivity contribution in [2.45, 2.75) is 63.2 Å². The third-order valence-electron chi connectivity index (χ3n) is 7.86. The van der Waals surface area contributed by atoms with E-state index >= 15 is 0 Å². The molecule has 192 valence electrons. The van der Waals surface area contributed by atoms with E-state index in [1.165, 1.54) is 69.1 Å². The van der Waals surface area contributed by atoms with E-state index in [9.17, 15) is 14.3 Å². The van der Waals surface area contributed by atoms with Crippen LogP contribution in [-0.2, 0) is 4.79 Å². The lowest BCUT2D eigenvalue weighted by atomic mass is 9.94. The lowest BCUT2D eigenvalue weighted by molar-refractivity contribution is -0.110. The summed E-state index contributed by atoms with van der Waals surface area (Å²) < 4.78 is 19.1. The summed E-state index contributed by atoms with van der Waals surface area (Å²) in [6.45, 7) is 0. The topological polar surface area (TPSA) is 58.6 Å². The molecule has 2 saturated carbocycles. The summed E-state index contributed by atoms with van der Waals surface area (Å²) in [5.41, 5.74) is 5.05. The fourth-order valence-electron chi connectivity index (χ4n) is 5.94. The molecule has 4 nitrogen and oxygen atoms in total. The first-order valence-electron chi connectivity index (χ1n) is 13.3. The summed E-state index contributed by atoms with van der Waals surface area (Å²) in [6, 6.07) is 18.1. The lowest BCUT2D eigenvalue weighted by Crippen LogP contribution is -2.03. The molecule has 0 atom stereocenters. The van der Waals surface area contributed by atoms with Crippen LogP contribution in [0.15, 0.2) is 60.7 Å². The third-order valence-corrected chi connectivity index (χ3v) is 7.86. The van der Waals surface area contributed by atoms with Crippen molar-refractivity contribution in [2.75, 3.05) is 12.4 Å². The van der Waals surface area contributed by atoms with Crippen LogP contribution in [0.1, 0.15) is 85.5 Å². The summed E-state index contributed by atoms with van der Waals surface area (Å²) in [5, 5.41) is 12.4. The van der Waals surface area contributed by atoms with E-state index in [-0.39, 0.29) is 11.7 Å². The molecular formula is C32H34FNO3. The number of carbonyl (C=O) groups is 1. The number of aromatic hydroxyl groups is 1. The standard InChI is InChI=1S/C21H20FNO2.C11H14O/c1-25-20-9-6-13(10-16(20)14-4-2-3-5-14)11-18-17-12-15(22)7-8-19(17)23-21(18)24;12-11-8-4-3-7-10(11)9-5-1-2-6-9/h6-12,14H,2-5H2,1H3,(H,23,24);3-4,7-9,12H,1-2,5-6H2. The van der Waals surface area contributed by atoms with Gasteiger partial charge in [-0.1, -0.05) is 49.9 Å². The maximum atomic E-state index is 13.6. The van der Waals surface area contributed by atoms with Gasteiger partial charge in [0, 0.05) is 16.8 Å². The highest BCUT2D eigenvalue weighted by molar-refractivity contribution is 6.34. The normalized spacial score (nSPS) is 18.4. The van der Waals surface area contributed by atoms with E-state index in [0.29, 0.717) is 34.4 Å². The van der Waals surface area contributed by atoms with Crippen molar-refractivity contribution in [2.24, 2.45) is 0 Å². The number of anilines is 1. The third kappa shape index (κ3) is 5.56. The highest BCUT2D eigenvalue weighted by atomic mass is 19.1. The number of benzene rings is 3. The van der Waals surface area contributed by atoms with Gasteiger partial charge in [0.2, 0.25) is 0 Å².